The first-order chi connectivity index (χ1) is 13.0. The van der Waals surface area contributed by atoms with E-state index in [1.807, 2.05) is 0 Å². The number of hydrogen-bond donors (Lipinski definition) is 0. The standard InChI is InChI=1S/C16H21N3O8S/c1-17(2)15(20)14-8-13(27-28(3,24)25)9-18(14)16(21)26-10-11-4-6-12(7-5-11)19(22)23/h4-7,13-14H,8-10H2,1-3H3. The molecule has 2 rings (SSSR count). The highest BCUT2D eigenvalue weighted by atomic mass is 32.2. The summed E-state index contributed by atoms with van der Waals surface area (Å²) < 4.78 is 32.8. The molecule has 1 aliphatic heterocycles. The van der Waals surface area contributed by atoms with E-state index in [4.69, 9.17) is 8.92 Å². The van der Waals surface area contributed by atoms with Gasteiger partial charge in [-0.1, -0.05) is 0 Å². The molecule has 0 saturated carbocycles. The Labute approximate surface area is 162 Å². The Morgan fingerprint density at radius 2 is 1.89 bits per heavy atom. The molecule has 1 aromatic carbocycles. The molecule has 1 aliphatic rings. The van der Waals surface area contributed by atoms with E-state index in [2.05, 4.69) is 0 Å². The first-order valence-corrected chi connectivity index (χ1v) is 10.1. The fraction of sp³-hybridized carbons (Fsp3) is 0.500. The molecule has 28 heavy (non-hydrogen) atoms. The molecule has 154 valence electrons. The Morgan fingerprint density at radius 3 is 2.39 bits per heavy atom. The molecule has 1 fully saturated rings. The molecule has 0 bridgehead atoms. The van der Waals surface area contributed by atoms with Crippen molar-refractivity contribution in [3.8, 4) is 0 Å². The minimum atomic E-state index is -3.75. The maximum absolute atomic E-state index is 12.5. The van der Waals surface area contributed by atoms with Gasteiger partial charge in [-0.15, -0.1) is 0 Å². The van der Waals surface area contributed by atoms with Gasteiger partial charge in [-0.05, 0) is 17.7 Å². The first-order valence-electron chi connectivity index (χ1n) is 8.24. The lowest BCUT2D eigenvalue weighted by Gasteiger charge is -2.25. The van der Waals surface area contributed by atoms with Crippen LogP contribution >= 0.6 is 0 Å². The largest absolute Gasteiger partial charge is 0.445 e. The van der Waals surface area contributed by atoms with Gasteiger partial charge in [0.15, 0.2) is 0 Å². The number of benzene rings is 1. The van der Waals surface area contributed by atoms with Gasteiger partial charge in [0.2, 0.25) is 5.91 Å². The molecule has 0 spiro atoms. The molecular formula is C16H21N3O8S. The maximum Gasteiger partial charge on any atom is 0.410 e. The SMILES string of the molecule is CN(C)C(=O)C1CC(OS(C)(=O)=O)CN1C(=O)OCc1ccc([N+](=O)[O-])cc1. The third-order valence-electron chi connectivity index (χ3n) is 4.04. The molecule has 2 unspecified atom stereocenters. The maximum atomic E-state index is 12.5. The molecule has 0 radical (unpaired) electrons. The van der Waals surface area contributed by atoms with Gasteiger partial charge in [-0.2, -0.15) is 8.42 Å². The van der Waals surface area contributed by atoms with E-state index < -0.39 is 33.3 Å². The number of likely N-dealkylation sites (tertiary alicyclic amines) is 1. The van der Waals surface area contributed by atoms with E-state index in [0.29, 0.717) is 5.56 Å². The predicted octanol–water partition coefficient (Wildman–Crippen LogP) is 0.739. The molecule has 0 aliphatic carbocycles. The summed E-state index contributed by atoms with van der Waals surface area (Å²) in [6, 6.07) is 4.56. The van der Waals surface area contributed by atoms with Crippen molar-refractivity contribution in [1.82, 2.24) is 9.80 Å². The van der Waals surface area contributed by atoms with Gasteiger partial charge in [0.25, 0.3) is 15.8 Å². The second kappa shape index (κ2) is 8.52. The van der Waals surface area contributed by atoms with Crippen LogP contribution in [0.25, 0.3) is 0 Å². The van der Waals surface area contributed by atoms with Crippen LogP contribution in [0.1, 0.15) is 12.0 Å². The van der Waals surface area contributed by atoms with E-state index in [1.54, 1.807) is 0 Å². The third-order valence-corrected chi connectivity index (χ3v) is 4.67. The smallest absolute Gasteiger partial charge is 0.410 e. The molecule has 1 aromatic rings. The van der Waals surface area contributed by atoms with Crippen molar-refractivity contribution in [2.45, 2.75) is 25.2 Å². The molecule has 1 saturated heterocycles. The van der Waals surface area contributed by atoms with E-state index in [9.17, 15) is 28.1 Å². The summed E-state index contributed by atoms with van der Waals surface area (Å²) in [6.45, 7) is -0.274. The van der Waals surface area contributed by atoms with Crippen molar-refractivity contribution in [2.75, 3.05) is 26.9 Å². The van der Waals surface area contributed by atoms with Crippen molar-refractivity contribution in [2.24, 2.45) is 0 Å². The summed E-state index contributed by atoms with van der Waals surface area (Å²) >= 11 is 0. The number of nitro groups is 1. The number of nitro benzene ring substituents is 1. The predicted molar refractivity (Wildman–Crippen MR) is 96.8 cm³/mol. The summed E-state index contributed by atoms with van der Waals surface area (Å²) in [5.41, 5.74) is 0.435. The van der Waals surface area contributed by atoms with Gasteiger partial charge >= 0.3 is 6.09 Å². The lowest BCUT2D eigenvalue weighted by Crippen LogP contribution is -2.45. The zero-order valence-corrected chi connectivity index (χ0v) is 16.4. The quantitative estimate of drug-likeness (QED) is 0.377. The van der Waals surface area contributed by atoms with E-state index in [-0.39, 0.29) is 31.2 Å². The summed E-state index contributed by atoms with van der Waals surface area (Å²) in [5, 5.41) is 10.7. The molecule has 2 amide bonds. The Hall–Kier alpha value is -2.73. The molecule has 11 nitrogen and oxygen atoms in total. The van der Waals surface area contributed by atoms with Crippen LogP contribution in [0.3, 0.4) is 0 Å². The highest BCUT2D eigenvalue weighted by Crippen LogP contribution is 2.24. The van der Waals surface area contributed by atoms with Crippen LogP contribution in [-0.4, -0.2) is 74.2 Å². The highest BCUT2D eigenvalue weighted by molar-refractivity contribution is 7.86. The second-order valence-corrected chi connectivity index (χ2v) is 8.14. The summed E-state index contributed by atoms with van der Waals surface area (Å²) in [5.74, 6) is -0.383. The number of non-ortho nitro benzene ring substituents is 1. The number of ether oxygens (including phenoxy) is 1. The van der Waals surface area contributed by atoms with Crippen molar-refractivity contribution < 1.29 is 31.9 Å². The van der Waals surface area contributed by atoms with E-state index in [0.717, 1.165) is 11.2 Å². The molecular weight excluding hydrogens is 394 g/mol. The topological polar surface area (TPSA) is 136 Å². The van der Waals surface area contributed by atoms with Gasteiger partial charge in [0.05, 0.1) is 23.8 Å². The summed E-state index contributed by atoms with van der Waals surface area (Å²) in [7, 11) is -0.709. The van der Waals surface area contributed by atoms with E-state index in [1.165, 1.54) is 43.3 Å². The second-order valence-electron chi connectivity index (χ2n) is 6.54. The number of likely N-dealkylation sites (N-methyl/N-ethyl adjacent to an activating group) is 1. The Balaban J connectivity index is 2.06. The van der Waals surface area contributed by atoms with Crippen LogP contribution in [0.2, 0.25) is 0 Å². The van der Waals surface area contributed by atoms with Crippen molar-refractivity contribution in [1.29, 1.82) is 0 Å². The molecule has 12 heteroatoms. The zero-order chi connectivity index (χ0) is 21.1. The highest BCUT2D eigenvalue weighted by Gasteiger charge is 2.42. The average Bonchev–Trinajstić information content (AvgIpc) is 3.01. The van der Waals surface area contributed by atoms with Gasteiger partial charge in [0, 0.05) is 32.6 Å². The van der Waals surface area contributed by atoms with Gasteiger partial charge in [0.1, 0.15) is 12.6 Å². The van der Waals surface area contributed by atoms with Gasteiger partial charge in [-0.25, -0.2) is 4.79 Å². The van der Waals surface area contributed by atoms with Crippen molar-refractivity contribution in [3.05, 3.63) is 39.9 Å². The van der Waals surface area contributed by atoms with E-state index >= 15 is 0 Å². The number of carbonyl (C=O) groups excluding carboxylic acids is 2. The van der Waals surface area contributed by atoms with Crippen LogP contribution in [0, 0.1) is 10.1 Å². The normalized spacial score (nSPS) is 19.3. The molecule has 2 atom stereocenters. The van der Waals surface area contributed by atoms with Crippen LogP contribution < -0.4 is 0 Å². The van der Waals surface area contributed by atoms with Crippen LogP contribution in [0.4, 0.5) is 10.5 Å². The zero-order valence-electron chi connectivity index (χ0n) is 15.6. The lowest BCUT2D eigenvalue weighted by molar-refractivity contribution is -0.384. The number of carbonyl (C=O) groups is 2. The average molecular weight is 415 g/mol. The van der Waals surface area contributed by atoms with Gasteiger partial charge < -0.3 is 9.64 Å². The Bertz CT molecular complexity index is 853. The Morgan fingerprint density at radius 1 is 1.29 bits per heavy atom. The lowest BCUT2D eigenvalue weighted by atomic mass is 10.2. The monoisotopic (exact) mass is 415 g/mol. The van der Waals surface area contributed by atoms with Crippen molar-refractivity contribution in [3.63, 3.8) is 0 Å². The van der Waals surface area contributed by atoms with Crippen LogP contribution in [-0.2, 0) is 30.4 Å². The van der Waals surface area contributed by atoms with Gasteiger partial charge in [-0.3, -0.25) is 24.0 Å². The van der Waals surface area contributed by atoms with Crippen LogP contribution in [0.15, 0.2) is 24.3 Å². The van der Waals surface area contributed by atoms with Crippen molar-refractivity contribution >= 4 is 27.8 Å². The fourth-order valence-electron chi connectivity index (χ4n) is 2.79. The minimum absolute atomic E-state index is 0.0245. The number of amides is 2. The third kappa shape index (κ3) is 5.63. The number of hydrogen-bond acceptors (Lipinski definition) is 8. The summed E-state index contributed by atoms with van der Waals surface area (Å²) in [6.07, 6.45) is -0.740. The molecule has 0 N–H and O–H groups in total. The molecule has 0 aromatic heterocycles. The Kier molecular flexibility index (Phi) is 6.56. The first kappa shape index (κ1) is 21.6. The number of nitrogens with zero attached hydrogens (tertiary/aromatic N) is 3. The number of rotatable bonds is 6. The summed E-state index contributed by atoms with van der Waals surface area (Å²) in [4.78, 5) is 37.4. The minimum Gasteiger partial charge on any atom is -0.445 e. The van der Waals surface area contributed by atoms with Crippen LogP contribution in [0.5, 0.6) is 0 Å². The fourth-order valence-corrected chi connectivity index (χ4v) is 3.42. The molecule has 1 heterocycles.